The lowest BCUT2D eigenvalue weighted by Gasteiger charge is -2.10. The van der Waals surface area contributed by atoms with Crippen molar-refractivity contribution in [3.8, 4) is 0 Å². The van der Waals surface area contributed by atoms with Crippen molar-refractivity contribution in [3.63, 3.8) is 0 Å². The first-order valence-electron chi connectivity index (χ1n) is 5.95. The molecule has 2 N–H and O–H groups in total. The van der Waals surface area contributed by atoms with Gasteiger partial charge in [-0.15, -0.1) is 0 Å². The fourth-order valence-corrected chi connectivity index (χ4v) is 1.96. The van der Waals surface area contributed by atoms with Gasteiger partial charge in [-0.25, -0.2) is 4.39 Å². The topological polar surface area (TPSA) is 24.1 Å². The van der Waals surface area contributed by atoms with E-state index in [2.05, 4.69) is 40.4 Å². The summed E-state index contributed by atoms with van der Waals surface area (Å²) in [5.41, 5.74) is 0.691. The molecule has 1 rings (SSSR count). The average Bonchev–Trinajstić information content (AvgIpc) is 2.26. The molecule has 96 valence electrons. The highest BCUT2D eigenvalue weighted by molar-refractivity contribution is 9.10. The second-order valence-corrected chi connectivity index (χ2v) is 5.33. The number of hydrogen-bond donors (Lipinski definition) is 2. The van der Waals surface area contributed by atoms with E-state index in [0.29, 0.717) is 18.0 Å². The smallest absolute Gasteiger partial charge is 0.128 e. The van der Waals surface area contributed by atoms with Crippen molar-refractivity contribution < 1.29 is 4.39 Å². The van der Waals surface area contributed by atoms with Gasteiger partial charge in [0.2, 0.25) is 0 Å². The SMILES string of the molecule is CC(C)CNCCNCc1c(F)cccc1Br. The van der Waals surface area contributed by atoms with E-state index in [0.717, 1.165) is 24.1 Å². The lowest BCUT2D eigenvalue weighted by atomic mass is 10.2. The van der Waals surface area contributed by atoms with Crippen LogP contribution in [0.25, 0.3) is 0 Å². The molecular weight excluding hydrogens is 283 g/mol. The fraction of sp³-hybridized carbons (Fsp3) is 0.538. The van der Waals surface area contributed by atoms with E-state index < -0.39 is 0 Å². The van der Waals surface area contributed by atoms with Crippen molar-refractivity contribution >= 4 is 15.9 Å². The Kier molecular flexibility index (Phi) is 6.70. The Bertz CT molecular complexity index is 322. The van der Waals surface area contributed by atoms with Crippen LogP contribution in [0.5, 0.6) is 0 Å². The Hall–Kier alpha value is -0.450. The van der Waals surface area contributed by atoms with Gasteiger partial charge in [0.1, 0.15) is 5.82 Å². The van der Waals surface area contributed by atoms with Gasteiger partial charge in [-0.3, -0.25) is 0 Å². The number of halogens is 2. The molecule has 0 radical (unpaired) electrons. The zero-order valence-electron chi connectivity index (χ0n) is 10.4. The normalized spacial score (nSPS) is 11.1. The van der Waals surface area contributed by atoms with Gasteiger partial charge in [0.15, 0.2) is 0 Å². The summed E-state index contributed by atoms with van der Waals surface area (Å²) in [4.78, 5) is 0. The Morgan fingerprint density at radius 1 is 1.24 bits per heavy atom. The highest BCUT2D eigenvalue weighted by Crippen LogP contribution is 2.18. The van der Waals surface area contributed by atoms with Crippen LogP contribution in [0.4, 0.5) is 4.39 Å². The van der Waals surface area contributed by atoms with Crippen LogP contribution in [0.2, 0.25) is 0 Å². The molecule has 0 atom stereocenters. The van der Waals surface area contributed by atoms with Crippen LogP contribution < -0.4 is 10.6 Å². The molecule has 17 heavy (non-hydrogen) atoms. The molecule has 2 nitrogen and oxygen atoms in total. The molecule has 0 aliphatic rings. The second-order valence-electron chi connectivity index (χ2n) is 4.47. The van der Waals surface area contributed by atoms with Crippen LogP contribution in [-0.4, -0.2) is 19.6 Å². The van der Waals surface area contributed by atoms with Crippen LogP contribution in [0, 0.1) is 11.7 Å². The van der Waals surface area contributed by atoms with Crippen LogP contribution in [-0.2, 0) is 6.54 Å². The zero-order chi connectivity index (χ0) is 12.7. The van der Waals surface area contributed by atoms with Crippen LogP contribution in [0.1, 0.15) is 19.4 Å². The van der Waals surface area contributed by atoms with E-state index in [1.807, 2.05) is 6.07 Å². The predicted octanol–water partition coefficient (Wildman–Crippen LogP) is 2.92. The summed E-state index contributed by atoms with van der Waals surface area (Å²) in [6, 6.07) is 5.04. The van der Waals surface area contributed by atoms with Crippen molar-refractivity contribution in [1.29, 1.82) is 0 Å². The van der Waals surface area contributed by atoms with Crippen molar-refractivity contribution in [2.45, 2.75) is 20.4 Å². The van der Waals surface area contributed by atoms with E-state index in [4.69, 9.17) is 0 Å². The number of rotatable bonds is 7. The third-order valence-electron chi connectivity index (χ3n) is 2.39. The summed E-state index contributed by atoms with van der Waals surface area (Å²) in [5, 5.41) is 6.56. The maximum atomic E-state index is 13.4. The summed E-state index contributed by atoms with van der Waals surface area (Å²) in [6.45, 7) is 7.67. The van der Waals surface area contributed by atoms with Crippen LogP contribution in [0.3, 0.4) is 0 Å². The molecule has 0 spiro atoms. The van der Waals surface area contributed by atoms with E-state index in [1.54, 1.807) is 6.07 Å². The minimum Gasteiger partial charge on any atom is -0.315 e. The molecule has 0 amide bonds. The van der Waals surface area contributed by atoms with Crippen molar-refractivity contribution in [2.75, 3.05) is 19.6 Å². The Balaban J connectivity index is 2.22. The average molecular weight is 303 g/mol. The number of benzene rings is 1. The Morgan fingerprint density at radius 2 is 1.94 bits per heavy atom. The lowest BCUT2D eigenvalue weighted by molar-refractivity contribution is 0.529. The zero-order valence-corrected chi connectivity index (χ0v) is 12.0. The van der Waals surface area contributed by atoms with E-state index in [9.17, 15) is 4.39 Å². The molecule has 0 aromatic heterocycles. The first-order valence-corrected chi connectivity index (χ1v) is 6.75. The third-order valence-corrected chi connectivity index (χ3v) is 3.14. The molecule has 0 fully saturated rings. The van der Waals surface area contributed by atoms with Gasteiger partial charge in [-0.2, -0.15) is 0 Å². The molecule has 0 heterocycles. The van der Waals surface area contributed by atoms with Gasteiger partial charge >= 0.3 is 0 Å². The second kappa shape index (κ2) is 7.80. The van der Waals surface area contributed by atoms with Crippen molar-refractivity contribution in [3.05, 3.63) is 34.1 Å². The lowest BCUT2D eigenvalue weighted by Crippen LogP contribution is -2.29. The van der Waals surface area contributed by atoms with Gasteiger partial charge in [-0.1, -0.05) is 35.8 Å². The molecule has 1 aromatic rings. The summed E-state index contributed by atoms with van der Waals surface area (Å²) >= 11 is 3.35. The summed E-state index contributed by atoms with van der Waals surface area (Å²) in [6.07, 6.45) is 0. The first-order chi connectivity index (χ1) is 8.11. The minimum atomic E-state index is -0.165. The van der Waals surface area contributed by atoms with Crippen LogP contribution >= 0.6 is 15.9 Å². The monoisotopic (exact) mass is 302 g/mol. The Labute approximate surface area is 111 Å². The summed E-state index contributed by atoms with van der Waals surface area (Å²) in [5.74, 6) is 0.498. The molecule has 0 saturated heterocycles. The standard InChI is InChI=1S/C13H20BrFN2/c1-10(2)8-16-6-7-17-9-11-12(14)4-3-5-13(11)15/h3-5,10,16-17H,6-9H2,1-2H3. The minimum absolute atomic E-state index is 0.165. The van der Waals surface area contributed by atoms with Crippen LogP contribution in [0.15, 0.2) is 22.7 Å². The molecule has 1 aromatic carbocycles. The van der Waals surface area contributed by atoms with Crippen molar-refractivity contribution in [2.24, 2.45) is 5.92 Å². The van der Waals surface area contributed by atoms with Gasteiger partial charge in [0.05, 0.1) is 0 Å². The van der Waals surface area contributed by atoms with Gasteiger partial charge < -0.3 is 10.6 Å². The maximum Gasteiger partial charge on any atom is 0.128 e. The van der Waals surface area contributed by atoms with Gasteiger partial charge in [0, 0.05) is 29.7 Å². The number of hydrogen-bond acceptors (Lipinski definition) is 2. The van der Waals surface area contributed by atoms with Crippen molar-refractivity contribution in [1.82, 2.24) is 10.6 Å². The van der Waals surface area contributed by atoms with Gasteiger partial charge in [0.25, 0.3) is 0 Å². The molecule has 0 aliphatic carbocycles. The summed E-state index contributed by atoms with van der Waals surface area (Å²) < 4.78 is 14.3. The van der Waals surface area contributed by atoms with E-state index in [1.165, 1.54) is 6.07 Å². The molecule has 4 heteroatoms. The van der Waals surface area contributed by atoms with E-state index in [-0.39, 0.29) is 5.82 Å². The first kappa shape index (κ1) is 14.6. The quantitative estimate of drug-likeness (QED) is 0.757. The third kappa shape index (κ3) is 5.61. The van der Waals surface area contributed by atoms with Gasteiger partial charge in [-0.05, 0) is 24.6 Å². The predicted molar refractivity (Wildman–Crippen MR) is 73.5 cm³/mol. The molecule has 0 saturated carbocycles. The molecule has 0 bridgehead atoms. The number of nitrogens with one attached hydrogen (secondary N) is 2. The summed E-state index contributed by atoms with van der Waals surface area (Å²) in [7, 11) is 0. The largest absolute Gasteiger partial charge is 0.315 e. The maximum absolute atomic E-state index is 13.4. The molecular formula is C13H20BrFN2. The fourth-order valence-electron chi connectivity index (χ4n) is 1.48. The molecule has 0 aliphatic heterocycles. The molecule has 0 unspecified atom stereocenters. The highest BCUT2D eigenvalue weighted by atomic mass is 79.9. The van der Waals surface area contributed by atoms with E-state index >= 15 is 0 Å². The Morgan fingerprint density at radius 3 is 2.59 bits per heavy atom. The highest BCUT2D eigenvalue weighted by Gasteiger charge is 2.04.